The Balaban J connectivity index is 2.23. The molecule has 1 aliphatic rings. The van der Waals surface area contributed by atoms with Crippen LogP contribution in [0.5, 0.6) is 0 Å². The highest BCUT2D eigenvalue weighted by Crippen LogP contribution is 2.37. The fraction of sp³-hybridized carbons (Fsp3) is 0.667. The van der Waals surface area contributed by atoms with Crippen molar-refractivity contribution in [2.24, 2.45) is 5.92 Å². The summed E-state index contributed by atoms with van der Waals surface area (Å²) in [7, 11) is -1.65. The first-order valence-corrected chi connectivity index (χ1v) is 9.49. The van der Waals surface area contributed by atoms with Gasteiger partial charge in [0.25, 0.3) is 0 Å². The third-order valence-electron chi connectivity index (χ3n) is 3.83. The Morgan fingerprint density at radius 3 is 2.75 bits per heavy atom. The average Bonchev–Trinajstić information content (AvgIpc) is 2.77. The lowest BCUT2D eigenvalue weighted by Gasteiger charge is -2.34. The van der Waals surface area contributed by atoms with Crippen LogP contribution in [0.15, 0.2) is 11.0 Å². The Kier molecular flexibility index (Phi) is 5.37. The second-order valence-corrected chi connectivity index (χ2v) is 9.22. The summed E-state index contributed by atoms with van der Waals surface area (Å²) in [5, 5.41) is 3.20. The summed E-state index contributed by atoms with van der Waals surface area (Å²) in [6, 6.07) is 1.73. The summed E-state index contributed by atoms with van der Waals surface area (Å²) in [5.41, 5.74) is 0. The van der Waals surface area contributed by atoms with Crippen molar-refractivity contribution in [3.05, 3.63) is 14.7 Å². The van der Waals surface area contributed by atoms with E-state index in [0.717, 1.165) is 24.2 Å². The summed E-state index contributed by atoms with van der Waals surface area (Å²) in [5.74, 6) is 0.316. The van der Waals surface area contributed by atoms with Crippen LogP contribution < -0.4 is 5.32 Å². The summed E-state index contributed by atoms with van der Waals surface area (Å²) < 4.78 is 27.5. The molecule has 1 aromatic rings. The number of sulfonamides is 1. The largest absolute Gasteiger partial charge is 0.317 e. The zero-order valence-electron chi connectivity index (χ0n) is 11.4. The maximum atomic E-state index is 12.6. The molecular formula is C12H18Cl2N2O2S2. The Labute approximate surface area is 134 Å². The third-order valence-corrected chi connectivity index (χ3v) is 7.44. The van der Waals surface area contributed by atoms with Crippen LogP contribution in [-0.4, -0.2) is 38.9 Å². The second kappa shape index (κ2) is 6.50. The van der Waals surface area contributed by atoms with Crippen molar-refractivity contribution in [3.63, 3.8) is 0 Å². The molecule has 1 aromatic heterocycles. The zero-order chi connectivity index (χ0) is 14.9. The second-order valence-electron chi connectivity index (χ2n) is 5.03. The van der Waals surface area contributed by atoms with Gasteiger partial charge in [0.2, 0.25) is 10.0 Å². The van der Waals surface area contributed by atoms with Gasteiger partial charge in [-0.1, -0.05) is 23.2 Å². The molecule has 0 radical (unpaired) electrons. The number of nitrogens with one attached hydrogen (secondary N) is 1. The van der Waals surface area contributed by atoms with Gasteiger partial charge in [-0.15, -0.1) is 11.3 Å². The maximum Gasteiger partial charge on any atom is 0.245 e. The summed E-state index contributed by atoms with van der Waals surface area (Å²) >= 11 is 12.9. The van der Waals surface area contributed by atoms with E-state index in [1.165, 1.54) is 10.4 Å². The summed E-state index contributed by atoms with van der Waals surface area (Å²) in [6.07, 6.45) is 1.90. The molecule has 2 heterocycles. The van der Waals surface area contributed by atoms with Gasteiger partial charge in [0.1, 0.15) is 9.23 Å². The lowest BCUT2D eigenvalue weighted by Crippen LogP contribution is -2.45. The summed E-state index contributed by atoms with van der Waals surface area (Å²) in [4.78, 5) is 0.131. The first-order valence-electron chi connectivity index (χ1n) is 6.48. The Bertz CT molecular complexity index is 574. The number of piperidine rings is 1. The molecule has 0 aliphatic carbocycles. The first-order chi connectivity index (χ1) is 9.36. The van der Waals surface area contributed by atoms with E-state index in [0.29, 0.717) is 23.3 Å². The van der Waals surface area contributed by atoms with Crippen molar-refractivity contribution in [1.29, 1.82) is 0 Å². The van der Waals surface area contributed by atoms with Crippen molar-refractivity contribution in [1.82, 2.24) is 9.62 Å². The van der Waals surface area contributed by atoms with E-state index in [1.807, 2.05) is 7.05 Å². The molecule has 2 rings (SSSR count). The van der Waals surface area contributed by atoms with Crippen LogP contribution in [0, 0.1) is 5.92 Å². The minimum atomic E-state index is -3.55. The quantitative estimate of drug-likeness (QED) is 0.901. The highest BCUT2D eigenvalue weighted by atomic mass is 35.5. The predicted molar refractivity (Wildman–Crippen MR) is 84.3 cm³/mol. The van der Waals surface area contributed by atoms with E-state index in [9.17, 15) is 8.42 Å². The van der Waals surface area contributed by atoms with Crippen LogP contribution in [0.25, 0.3) is 0 Å². The van der Waals surface area contributed by atoms with E-state index in [2.05, 4.69) is 12.2 Å². The van der Waals surface area contributed by atoms with Gasteiger partial charge < -0.3 is 5.32 Å². The fourth-order valence-corrected chi connectivity index (χ4v) is 6.12. The molecule has 2 atom stereocenters. The number of nitrogens with zero attached hydrogens (tertiary/aromatic N) is 1. The Morgan fingerprint density at radius 2 is 2.20 bits per heavy atom. The zero-order valence-corrected chi connectivity index (χ0v) is 14.5. The van der Waals surface area contributed by atoms with E-state index in [1.54, 1.807) is 0 Å². The van der Waals surface area contributed by atoms with Crippen molar-refractivity contribution in [2.45, 2.75) is 30.7 Å². The molecule has 0 bridgehead atoms. The van der Waals surface area contributed by atoms with Gasteiger partial charge in [-0.2, -0.15) is 4.31 Å². The molecule has 8 heteroatoms. The molecule has 0 aromatic carbocycles. The van der Waals surface area contributed by atoms with Gasteiger partial charge in [0.15, 0.2) is 0 Å². The van der Waals surface area contributed by atoms with Crippen molar-refractivity contribution < 1.29 is 8.42 Å². The van der Waals surface area contributed by atoms with Gasteiger partial charge in [-0.25, -0.2) is 8.42 Å². The van der Waals surface area contributed by atoms with Crippen molar-refractivity contribution >= 4 is 44.6 Å². The third kappa shape index (κ3) is 3.31. The molecule has 0 spiro atoms. The smallest absolute Gasteiger partial charge is 0.245 e. The molecular weight excluding hydrogens is 339 g/mol. The number of hydrogen-bond acceptors (Lipinski definition) is 4. The van der Waals surface area contributed by atoms with Crippen LogP contribution in [0.4, 0.5) is 0 Å². The highest BCUT2D eigenvalue weighted by molar-refractivity contribution is 7.89. The van der Waals surface area contributed by atoms with Crippen molar-refractivity contribution in [3.8, 4) is 0 Å². The standard InChI is InChI=1S/C12H18Cl2N2O2S2/c1-8(15-2)9-4-3-5-16(7-9)20(17,18)10-6-11(13)19-12(10)14/h6,8-9,15H,3-5,7H2,1-2H3. The SMILES string of the molecule is CNC(C)C1CCCN(S(=O)(=O)c2cc(Cl)sc2Cl)C1. The Hall–Kier alpha value is 0.150. The average molecular weight is 357 g/mol. The van der Waals surface area contributed by atoms with E-state index in [4.69, 9.17) is 23.2 Å². The van der Waals surface area contributed by atoms with Gasteiger partial charge in [-0.05, 0) is 38.8 Å². The molecule has 1 saturated heterocycles. The molecule has 2 unspecified atom stereocenters. The normalized spacial score (nSPS) is 22.9. The lowest BCUT2D eigenvalue weighted by atomic mass is 9.93. The monoisotopic (exact) mass is 356 g/mol. The minimum absolute atomic E-state index is 0.131. The lowest BCUT2D eigenvalue weighted by molar-refractivity contribution is 0.229. The molecule has 1 fully saturated rings. The fourth-order valence-electron chi connectivity index (χ4n) is 2.48. The predicted octanol–water partition coefficient (Wildman–Crippen LogP) is 3.06. The molecule has 0 saturated carbocycles. The Morgan fingerprint density at radius 1 is 1.50 bits per heavy atom. The highest BCUT2D eigenvalue weighted by Gasteiger charge is 2.34. The topological polar surface area (TPSA) is 49.4 Å². The van der Waals surface area contributed by atoms with Crippen LogP contribution in [0.1, 0.15) is 19.8 Å². The molecule has 1 aliphatic heterocycles. The van der Waals surface area contributed by atoms with Crippen LogP contribution in [0.2, 0.25) is 8.67 Å². The molecule has 1 N–H and O–H groups in total. The number of hydrogen-bond donors (Lipinski definition) is 1. The van der Waals surface area contributed by atoms with Gasteiger partial charge in [0.05, 0.1) is 4.34 Å². The van der Waals surface area contributed by atoms with E-state index in [-0.39, 0.29) is 15.3 Å². The molecule has 0 amide bonds. The maximum absolute atomic E-state index is 12.6. The number of rotatable bonds is 4. The van der Waals surface area contributed by atoms with Gasteiger partial charge in [-0.3, -0.25) is 0 Å². The summed E-state index contributed by atoms with van der Waals surface area (Å²) in [6.45, 7) is 3.14. The minimum Gasteiger partial charge on any atom is -0.317 e. The molecule has 20 heavy (non-hydrogen) atoms. The molecule has 4 nitrogen and oxygen atoms in total. The van der Waals surface area contributed by atoms with Crippen LogP contribution in [-0.2, 0) is 10.0 Å². The van der Waals surface area contributed by atoms with Crippen molar-refractivity contribution in [2.75, 3.05) is 20.1 Å². The number of thiophene rings is 1. The van der Waals surface area contributed by atoms with Gasteiger partial charge >= 0.3 is 0 Å². The first kappa shape index (κ1) is 16.5. The van der Waals surface area contributed by atoms with Crippen LogP contribution >= 0.6 is 34.5 Å². The van der Waals surface area contributed by atoms with E-state index < -0.39 is 10.0 Å². The number of halogens is 2. The molecule has 114 valence electrons. The van der Waals surface area contributed by atoms with Gasteiger partial charge in [0, 0.05) is 19.1 Å². The van der Waals surface area contributed by atoms with E-state index >= 15 is 0 Å². The van der Waals surface area contributed by atoms with Crippen LogP contribution in [0.3, 0.4) is 0 Å².